The Hall–Kier alpha value is -2.76. The van der Waals surface area contributed by atoms with Gasteiger partial charge in [0.1, 0.15) is 11.0 Å². The van der Waals surface area contributed by atoms with Crippen molar-refractivity contribution < 1.29 is 19.1 Å². The van der Waals surface area contributed by atoms with Crippen LogP contribution in [0.2, 0.25) is 5.15 Å². The van der Waals surface area contributed by atoms with E-state index in [1.54, 1.807) is 6.07 Å². The van der Waals surface area contributed by atoms with Gasteiger partial charge in [-0.2, -0.15) is 0 Å². The molecule has 1 aromatic carbocycles. The third-order valence-electron chi connectivity index (χ3n) is 9.07. The Balaban J connectivity index is 0.956. The van der Waals surface area contributed by atoms with Crippen LogP contribution in [0, 0.1) is 5.92 Å². The maximum atomic E-state index is 13.0. The molecule has 2 aromatic rings. The van der Waals surface area contributed by atoms with Crippen LogP contribution in [0.3, 0.4) is 0 Å². The molecule has 6 rings (SSSR count). The number of piperazine rings is 2. The average Bonchev–Trinajstić information content (AvgIpc) is 3.71. The molecule has 4 aliphatic rings. The number of anilines is 1. The van der Waals surface area contributed by atoms with Crippen molar-refractivity contribution in [2.45, 2.75) is 63.2 Å². The quantitative estimate of drug-likeness (QED) is 0.229. The Morgan fingerprint density at radius 2 is 1.77 bits per heavy atom. The Labute approximate surface area is 263 Å². The molecule has 4 heterocycles. The Bertz CT molecular complexity index is 1300. The Morgan fingerprint density at radius 3 is 2.56 bits per heavy atom. The van der Waals surface area contributed by atoms with Crippen LogP contribution >= 0.6 is 23.4 Å². The Kier molecular flexibility index (Phi) is 9.79. The predicted octanol–water partition coefficient (Wildman–Crippen LogP) is 4.30. The lowest BCUT2D eigenvalue weighted by atomic mass is 10.0. The maximum absolute atomic E-state index is 13.0. The summed E-state index contributed by atoms with van der Waals surface area (Å²) < 4.78 is 10.9. The van der Waals surface area contributed by atoms with Crippen molar-refractivity contribution in [3.05, 3.63) is 35.0 Å². The molecule has 10 nitrogen and oxygen atoms in total. The van der Waals surface area contributed by atoms with Crippen LogP contribution < -0.4 is 14.4 Å². The second kappa shape index (κ2) is 13.9. The fourth-order valence-electron chi connectivity index (χ4n) is 6.59. The van der Waals surface area contributed by atoms with Crippen molar-refractivity contribution >= 4 is 41.0 Å². The first kappa shape index (κ1) is 30.3. The molecule has 0 spiro atoms. The molecule has 232 valence electrons. The lowest BCUT2D eigenvalue weighted by Crippen LogP contribution is -2.54. The van der Waals surface area contributed by atoms with Crippen LogP contribution in [0.1, 0.15) is 51.0 Å². The molecule has 12 heteroatoms. The molecule has 0 N–H and O–H groups in total. The highest BCUT2D eigenvalue weighted by Gasteiger charge is 2.29. The maximum Gasteiger partial charge on any atom is 0.233 e. The highest BCUT2D eigenvalue weighted by Crippen LogP contribution is 2.33. The molecule has 0 bridgehead atoms. The number of hydrogen-bond donors (Lipinski definition) is 0. The summed E-state index contributed by atoms with van der Waals surface area (Å²) in [6.45, 7) is 8.27. The van der Waals surface area contributed by atoms with Gasteiger partial charge in [0.15, 0.2) is 16.7 Å². The number of benzene rings is 1. The van der Waals surface area contributed by atoms with E-state index in [4.69, 9.17) is 26.1 Å². The number of hydrogen-bond acceptors (Lipinski definition) is 9. The topological polar surface area (TPSA) is 91.3 Å². The molecule has 1 atom stereocenters. The summed E-state index contributed by atoms with van der Waals surface area (Å²) >= 11 is 7.72. The highest BCUT2D eigenvalue weighted by molar-refractivity contribution is 7.99. The standard InChI is InChI=1S/C31H41ClN6O4S/c1-22-18-37(14-15-38(22)29(39)9-7-23-4-2-3-5-23)28-17-27(32)33-31(34-28)43-20-30(40)36-12-10-35(11-13-36)19-24-6-8-25-26(16-24)42-21-41-25/h6,8,16-17,22-23H,2-5,7,9-15,18-21H2,1H3. The summed E-state index contributed by atoms with van der Waals surface area (Å²) in [6.07, 6.45) is 6.84. The summed E-state index contributed by atoms with van der Waals surface area (Å²) in [5.41, 5.74) is 1.18. The summed E-state index contributed by atoms with van der Waals surface area (Å²) in [5.74, 6) is 3.68. The van der Waals surface area contributed by atoms with E-state index in [2.05, 4.69) is 27.8 Å². The number of fused-ring (bicyclic) bond motifs is 1. The fraction of sp³-hybridized carbons (Fsp3) is 0.613. The summed E-state index contributed by atoms with van der Waals surface area (Å²) in [4.78, 5) is 43.6. The van der Waals surface area contributed by atoms with Gasteiger partial charge in [-0.05, 0) is 37.0 Å². The number of nitrogens with zero attached hydrogens (tertiary/aromatic N) is 6. The van der Waals surface area contributed by atoms with Crippen molar-refractivity contribution in [2.24, 2.45) is 5.92 Å². The van der Waals surface area contributed by atoms with Crippen LogP contribution in [-0.4, -0.2) is 101 Å². The largest absolute Gasteiger partial charge is 0.454 e. The van der Waals surface area contributed by atoms with E-state index in [0.717, 1.165) is 49.3 Å². The van der Waals surface area contributed by atoms with E-state index < -0.39 is 0 Å². The van der Waals surface area contributed by atoms with Gasteiger partial charge in [0.05, 0.1) is 5.75 Å². The van der Waals surface area contributed by atoms with Crippen molar-refractivity contribution in [3.8, 4) is 11.5 Å². The second-order valence-electron chi connectivity index (χ2n) is 12.0. The van der Waals surface area contributed by atoms with Crippen LogP contribution in [0.25, 0.3) is 0 Å². The van der Waals surface area contributed by atoms with E-state index in [9.17, 15) is 9.59 Å². The number of carbonyl (C=O) groups is 2. The number of amides is 2. The van der Waals surface area contributed by atoms with Gasteiger partial charge in [-0.15, -0.1) is 0 Å². The number of aromatic nitrogens is 2. The molecule has 0 radical (unpaired) electrons. The first-order valence-electron chi connectivity index (χ1n) is 15.5. The SMILES string of the molecule is CC1CN(c2cc(Cl)nc(SCC(=O)N3CCN(Cc4ccc5c(c4)OCO5)CC3)n2)CCN1C(=O)CCC1CCCC1. The molecular formula is C31H41ClN6O4S. The van der Waals surface area contributed by atoms with Gasteiger partial charge in [-0.1, -0.05) is 55.1 Å². The smallest absolute Gasteiger partial charge is 0.233 e. The van der Waals surface area contributed by atoms with E-state index in [1.165, 1.54) is 43.0 Å². The van der Waals surface area contributed by atoms with Crippen molar-refractivity contribution in [3.63, 3.8) is 0 Å². The zero-order valence-electron chi connectivity index (χ0n) is 24.9. The predicted molar refractivity (Wildman–Crippen MR) is 167 cm³/mol. The lowest BCUT2D eigenvalue weighted by Gasteiger charge is -2.40. The molecule has 1 saturated carbocycles. The molecule has 1 unspecified atom stereocenters. The molecule has 1 aliphatic carbocycles. The number of ether oxygens (including phenoxy) is 2. The van der Waals surface area contributed by atoms with Gasteiger partial charge in [-0.25, -0.2) is 9.97 Å². The third-order valence-corrected chi connectivity index (χ3v) is 10.1. The zero-order chi connectivity index (χ0) is 29.8. The van der Waals surface area contributed by atoms with Crippen molar-refractivity contribution in [1.82, 2.24) is 24.7 Å². The van der Waals surface area contributed by atoms with E-state index >= 15 is 0 Å². The third kappa shape index (κ3) is 7.67. The lowest BCUT2D eigenvalue weighted by molar-refractivity contribution is -0.134. The molecule has 2 amide bonds. The van der Waals surface area contributed by atoms with Crippen LogP contribution in [0.4, 0.5) is 5.82 Å². The van der Waals surface area contributed by atoms with Crippen LogP contribution in [0.5, 0.6) is 11.5 Å². The molecule has 2 saturated heterocycles. The number of carbonyl (C=O) groups excluding carboxylic acids is 2. The zero-order valence-corrected chi connectivity index (χ0v) is 26.5. The number of rotatable bonds is 9. The van der Waals surface area contributed by atoms with Gasteiger partial charge in [0.25, 0.3) is 0 Å². The molecule has 3 aliphatic heterocycles. The first-order chi connectivity index (χ1) is 20.9. The van der Waals surface area contributed by atoms with Gasteiger partial charge in [-0.3, -0.25) is 14.5 Å². The van der Waals surface area contributed by atoms with E-state index in [-0.39, 0.29) is 30.4 Å². The summed E-state index contributed by atoms with van der Waals surface area (Å²) in [6, 6.07) is 7.93. The average molecular weight is 629 g/mol. The van der Waals surface area contributed by atoms with E-state index in [0.29, 0.717) is 49.5 Å². The fourth-order valence-corrected chi connectivity index (χ4v) is 7.57. The summed E-state index contributed by atoms with van der Waals surface area (Å²) in [5, 5.41) is 0.861. The molecule has 1 aromatic heterocycles. The van der Waals surface area contributed by atoms with Crippen molar-refractivity contribution in [1.29, 1.82) is 0 Å². The normalized spacial score (nSPS) is 21.1. The molecular weight excluding hydrogens is 588 g/mol. The molecule has 3 fully saturated rings. The van der Waals surface area contributed by atoms with Gasteiger partial charge < -0.3 is 24.2 Å². The van der Waals surface area contributed by atoms with Gasteiger partial charge in [0.2, 0.25) is 18.6 Å². The minimum atomic E-state index is 0.0798. The van der Waals surface area contributed by atoms with Gasteiger partial charge >= 0.3 is 0 Å². The second-order valence-corrected chi connectivity index (χ2v) is 13.4. The summed E-state index contributed by atoms with van der Waals surface area (Å²) in [7, 11) is 0. The van der Waals surface area contributed by atoms with Crippen molar-refractivity contribution in [2.75, 3.05) is 63.3 Å². The van der Waals surface area contributed by atoms with Crippen LogP contribution in [-0.2, 0) is 16.1 Å². The minimum Gasteiger partial charge on any atom is -0.454 e. The monoisotopic (exact) mass is 628 g/mol. The minimum absolute atomic E-state index is 0.0798. The Morgan fingerprint density at radius 1 is 0.977 bits per heavy atom. The van der Waals surface area contributed by atoms with Gasteiger partial charge in [0, 0.05) is 70.9 Å². The van der Waals surface area contributed by atoms with Crippen LogP contribution in [0.15, 0.2) is 29.4 Å². The highest BCUT2D eigenvalue weighted by atomic mass is 35.5. The number of thioether (sulfide) groups is 1. The van der Waals surface area contributed by atoms with E-state index in [1.807, 2.05) is 21.9 Å². The first-order valence-corrected chi connectivity index (χ1v) is 16.9. The number of halogens is 1. The molecule has 43 heavy (non-hydrogen) atoms.